The van der Waals surface area contributed by atoms with Crippen molar-refractivity contribution >= 4 is 34.7 Å². The highest BCUT2D eigenvalue weighted by Crippen LogP contribution is 2.21. The number of ether oxygens (including phenoxy) is 1. The lowest BCUT2D eigenvalue weighted by Gasteiger charge is -2.10. The Morgan fingerprint density at radius 3 is 2.54 bits per heavy atom. The molecule has 0 aliphatic heterocycles. The monoisotopic (exact) mass is 368 g/mol. The van der Waals surface area contributed by atoms with Gasteiger partial charge in [0.05, 0.1) is 7.11 Å². The van der Waals surface area contributed by atoms with Crippen molar-refractivity contribution in [2.45, 2.75) is 6.92 Å². The van der Waals surface area contributed by atoms with Gasteiger partial charge in [-0.15, -0.1) is 0 Å². The molecule has 2 N–H and O–H groups in total. The van der Waals surface area contributed by atoms with Crippen LogP contribution in [0.5, 0.6) is 5.75 Å². The highest BCUT2D eigenvalue weighted by molar-refractivity contribution is 6.30. The Balaban J connectivity index is 1.80. The Bertz CT molecular complexity index is 929. The van der Waals surface area contributed by atoms with E-state index in [1.807, 2.05) is 24.3 Å². The zero-order valence-electron chi connectivity index (χ0n) is 14.3. The fourth-order valence-electron chi connectivity index (χ4n) is 2.33. The average Bonchev–Trinajstić information content (AvgIpc) is 2.63. The number of methoxy groups -OCH3 is 1. The third-order valence-electron chi connectivity index (χ3n) is 3.51. The molecule has 1 amide bonds. The van der Waals surface area contributed by atoms with Crippen molar-refractivity contribution in [3.05, 3.63) is 71.1 Å². The SMILES string of the molecule is COc1cccc(Nc2cc(C(=O)Nc3ccc(Cl)cc3)nc(C)n2)c1. The van der Waals surface area contributed by atoms with Gasteiger partial charge >= 0.3 is 0 Å². The van der Waals surface area contributed by atoms with Crippen LogP contribution in [0, 0.1) is 6.92 Å². The maximum atomic E-state index is 12.5. The molecule has 1 heterocycles. The van der Waals surface area contributed by atoms with Gasteiger partial charge in [-0.25, -0.2) is 9.97 Å². The third-order valence-corrected chi connectivity index (χ3v) is 3.77. The minimum Gasteiger partial charge on any atom is -0.497 e. The minimum atomic E-state index is -0.327. The van der Waals surface area contributed by atoms with Gasteiger partial charge in [0, 0.05) is 28.5 Å². The molecular formula is C19H17ClN4O2. The number of benzene rings is 2. The molecule has 0 aliphatic rings. The molecule has 132 valence electrons. The number of carbonyl (C=O) groups excluding carboxylic acids is 1. The topological polar surface area (TPSA) is 76.1 Å². The van der Waals surface area contributed by atoms with Crippen molar-refractivity contribution < 1.29 is 9.53 Å². The van der Waals surface area contributed by atoms with Crippen LogP contribution in [0.25, 0.3) is 0 Å². The van der Waals surface area contributed by atoms with Crippen molar-refractivity contribution in [3.8, 4) is 5.75 Å². The lowest BCUT2D eigenvalue weighted by atomic mass is 10.2. The van der Waals surface area contributed by atoms with E-state index in [4.69, 9.17) is 16.3 Å². The summed E-state index contributed by atoms with van der Waals surface area (Å²) >= 11 is 5.85. The molecule has 1 aromatic heterocycles. The first-order valence-electron chi connectivity index (χ1n) is 7.87. The van der Waals surface area contributed by atoms with Crippen LogP contribution in [0.1, 0.15) is 16.3 Å². The number of rotatable bonds is 5. The van der Waals surface area contributed by atoms with Crippen LogP contribution in [0.2, 0.25) is 5.02 Å². The normalized spacial score (nSPS) is 10.3. The summed E-state index contributed by atoms with van der Waals surface area (Å²) in [5.41, 5.74) is 1.70. The van der Waals surface area contributed by atoms with E-state index >= 15 is 0 Å². The van der Waals surface area contributed by atoms with Gasteiger partial charge < -0.3 is 15.4 Å². The lowest BCUT2D eigenvalue weighted by Crippen LogP contribution is -2.15. The van der Waals surface area contributed by atoms with E-state index in [1.165, 1.54) is 0 Å². The number of aromatic nitrogens is 2. The van der Waals surface area contributed by atoms with E-state index in [1.54, 1.807) is 44.4 Å². The second-order valence-electron chi connectivity index (χ2n) is 5.50. The lowest BCUT2D eigenvalue weighted by molar-refractivity contribution is 0.102. The van der Waals surface area contributed by atoms with Gasteiger partial charge in [-0.3, -0.25) is 4.79 Å². The quantitative estimate of drug-likeness (QED) is 0.696. The second-order valence-corrected chi connectivity index (χ2v) is 5.94. The van der Waals surface area contributed by atoms with Gasteiger partial charge in [0.2, 0.25) is 0 Å². The molecule has 0 saturated heterocycles. The van der Waals surface area contributed by atoms with Crippen molar-refractivity contribution in [3.63, 3.8) is 0 Å². The molecule has 2 aromatic carbocycles. The van der Waals surface area contributed by atoms with Crippen LogP contribution in [-0.2, 0) is 0 Å². The summed E-state index contributed by atoms with van der Waals surface area (Å²) in [6.07, 6.45) is 0. The third kappa shape index (κ3) is 4.49. The predicted molar refractivity (Wildman–Crippen MR) is 102 cm³/mol. The summed E-state index contributed by atoms with van der Waals surface area (Å²) < 4.78 is 5.21. The standard InChI is InChI=1S/C19H17ClN4O2/c1-12-21-17(19(25)24-14-8-6-13(20)7-9-14)11-18(22-12)23-15-4-3-5-16(10-15)26-2/h3-11H,1-2H3,(H,24,25)(H,21,22,23). The van der Waals surface area contributed by atoms with Crippen molar-refractivity contribution in [1.82, 2.24) is 9.97 Å². The summed E-state index contributed by atoms with van der Waals surface area (Å²) in [5.74, 6) is 1.40. The fraction of sp³-hybridized carbons (Fsp3) is 0.105. The molecule has 0 spiro atoms. The molecule has 6 nitrogen and oxygen atoms in total. The van der Waals surface area contributed by atoms with Crippen LogP contribution in [0.3, 0.4) is 0 Å². The van der Waals surface area contributed by atoms with Gasteiger partial charge in [-0.05, 0) is 43.3 Å². The van der Waals surface area contributed by atoms with Crippen LogP contribution in [0.4, 0.5) is 17.2 Å². The molecule has 26 heavy (non-hydrogen) atoms. The number of halogens is 1. The van der Waals surface area contributed by atoms with Gasteiger partial charge in [-0.2, -0.15) is 0 Å². The van der Waals surface area contributed by atoms with Gasteiger partial charge in [0.15, 0.2) is 0 Å². The Kier molecular flexibility index (Phi) is 5.34. The van der Waals surface area contributed by atoms with Crippen LogP contribution in [-0.4, -0.2) is 23.0 Å². The van der Waals surface area contributed by atoms with E-state index in [2.05, 4.69) is 20.6 Å². The molecule has 3 rings (SSSR count). The molecule has 0 aliphatic carbocycles. The number of nitrogens with zero attached hydrogens (tertiary/aromatic N) is 2. The maximum absolute atomic E-state index is 12.5. The van der Waals surface area contributed by atoms with Crippen molar-refractivity contribution in [1.29, 1.82) is 0 Å². The molecule has 0 saturated carbocycles. The van der Waals surface area contributed by atoms with E-state index in [9.17, 15) is 4.79 Å². The zero-order valence-corrected chi connectivity index (χ0v) is 15.0. The number of amides is 1. The molecule has 3 aromatic rings. The predicted octanol–water partition coefficient (Wildman–Crippen LogP) is 4.44. The van der Waals surface area contributed by atoms with E-state index in [-0.39, 0.29) is 11.6 Å². The van der Waals surface area contributed by atoms with E-state index in [0.29, 0.717) is 22.4 Å². The highest BCUT2D eigenvalue weighted by Gasteiger charge is 2.11. The van der Waals surface area contributed by atoms with Crippen molar-refractivity contribution in [2.24, 2.45) is 0 Å². The first-order chi connectivity index (χ1) is 12.5. The Morgan fingerprint density at radius 2 is 1.81 bits per heavy atom. The summed E-state index contributed by atoms with van der Waals surface area (Å²) in [4.78, 5) is 21.0. The molecule has 7 heteroatoms. The fourth-order valence-corrected chi connectivity index (χ4v) is 2.45. The number of nitrogens with one attached hydrogen (secondary N) is 2. The first-order valence-corrected chi connectivity index (χ1v) is 8.25. The number of aryl methyl sites for hydroxylation is 1. The average molecular weight is 369 g/mol. The summed E-state index contributed by atoms with van der Waals surface area (Å²) in [6.45, 7) is 1.73. The molecule has 0 bridgehead atoms. The number of carbonyl (C=O) groups is 1. The first kappa shape index (κ1) is 17.7. The van der Waals surface area contributed by atoms with E-state index < -0.39 is 0 Å². The minimum absolute atomic E-state index is 0.262. The number of anilines is 3. The van der Waals surface area contributed by atoms with Crippen LogP contribution >= 0.6 is 11.6 Å². The second kappa shape index (κ2) is 7.84. The van der Waals surface area contributed by atoms with Gasteiger partial charge in [0.1, 0.15) is 23.1 Å². The number of hydrogen-bond donors (Lipinski definition) is 2. The Hall–Kier alpha value is -3.12. The van der Waals surface area contributed by atoms with Crippen molar-refractivity contribution in [2.75, 3.05) is 17.7 Å². The van der Waals surface area contributed by atoms with E-state index in [0.717, 1.165) is 11.4 Å². The molecule has 0 unspecified atom stereocenters. The zero-order chi connectivity index (χ0) is 18.5. The molecule has 0 fully saturated rings. The summed E-state index contributed by atoms with van der Waals surface area (Å²) in [7, 11) is 1.60. The largest absolute Gasteiger partial charge is 0.497 e. The summed E-state index contributed by atoms with van der Waals surface area (Å²) in [6, 6.07) is 15.9. The maximum Gasteiger partial charge on any atom is 0.274 e. The molecule has 0 atom stereocenters. The van der Waals surface area contributed by atoms with Gasteiger partial charge in [-0.1, -0.05) is 17.7 Å². The Morgan fingerprint density at radius 1 is 1.04 bits per heavy atom. The number of hydrogen-bond acceptors (Lipinski definition) is 5. The van der Waals surface area contributed by atoms with Crippen LogP contribution in [0.15, 0.2) is 54.6 Å². The van der Waals surface area contributed by atoms with Crippen LogP contribution < -0.4 is 15.4 Å². The Labute approximate surface area is 156 Å². The van der Waals surface area contributed by atoms with Gasteiger partial charge in [0.25, 0.3) is 5.91 Å². The highest BCUT2D eigenvalue weighted by atomic mass is 35.5. The molecular weight excluding hydrogens is 352 g/mol. The summed E-state index contributed by atoms with van der Waals surface area (Å²) in [5, 5.41) is 6.55. The molecule has 0 radical (unpaired) electrons. The smallest absolute Gasteiger partial charge is 0.274 e.